The molecule has 1 aliphatic heterocycles. The minimum Gasteiger partial charge on any atom is -0.507 e. The van der Waals surface area contributed by atoms with Gasteiger partial charge in [-0.05, 0) is 41.5 Å². The summed E-state index contributed by atoms with van der Waals surface area (Å²) < 4.78 is 2.22. The van der Waals surface area contributed by atoms with Crippen LogP contribution in [0.15, 0.2) is 94.7 Å². The average Bonchev–Trinajstić information content (AvgIpc) is 3.11. The van der Waals surface area contributed by atoms with Gasteiger partial charge in [0, 0.05) is 10.6 Å². The summed E-state index contributed by atoms with van der Waals surface area (Å²) in [6, 6.07) is 24.1. The molecule has 4 nitrogen and oxygen atoms in total. The third-order valence-corrected chi connectivity index (χ3v) is 6.39. The molecule has 5 rings (SSSR count). The number of aromatic nitrogens is 1. The average molecular weight is 445 g/mol. The fourth-order valence-corrected chi connectivity index (χ4v) is 4.73. The van der Waals surface area contributed by atoms with Crippen molar-refractivity contribution in [3.63, 3.8) is 0 Å². The number of fused-ring (bicyclic) bond motifs is 1. The normalized spacial score (nSPS) is 15.8. The molecule has 1 atom stereocenters. The van der Waals surface area contributed by atoms with Gasteiger partial charge in [0.25, 0.3) is 5.56 Å². The van der Waals surface area contributed by atoms with Crippen molar-refractivity contribution in [2.24, 2.45) is 4.99 Å². The van der Waals surface area contributed by atoms with Crippen LogP contribution in [0.4, 0.5) is 0 Å². The van der Waals surface area contributed by atoms with Crippen molar-refractivity contribution in [3.05, 3.63) is 126 Å². The smallest absolute Gasteiger partial charge is 0.271 e. The number of hydrogen-bond acceptors (Lipinski definition) is 4. The SMILES string of the molecule is O=c1c(=Cc2ccccc2O)sc2n1C(c1ccc(Cl)cc1)C=C(c1ccccc1)N=2. The number of halogens is 1. The molecule has 0 aliphatic carbocycles. The molecule has 1 aromatic heterocycles. The lowest BCUT2D eigenvalue weighted by Crippen LogP contribution is -2.36. The van der Waals surface area contributed by atoms with Crippen molar-refractivity contribution in [2.75, 3.05) is 0 Å². The van der Waals surface area contributed by atoms with Gasteiger partial charge in [0.1, 0.15) is 5.75 Å². The second kappa shape index (κ2) is 8.02. The van der Waals surface area contributed by atoms with E-state index < -0.39 is 0 Å². The van der Waals surface area contributed by atoms with Crippen LogP contribution >= 0.6 is 22.9 Å². The van der Waals surface area contributed by atoms with Gasteiger partial charge in [0.2, 0.25) is 0 Å². The summed E-state index contributed by atoms with van der Waals surface area (Å²) in [6.45, 7) is 0. The van der Waals surface area contributed by atoms with Crippen LogP contribution in [-0.2, 0) is 0 Å². The second-order valence-electron chi connectivity index (χ2n) is 7.15. The molecule has 0 saturated carbocycles. The molecule has 1 unspecified atom stereocenters. The lowest BCUT2D eigenvalue weighted by atomic mass is 10.0. The van der Waals surface area contributed by atoms with Crippen LogP contribution in [0, 0.1) is 0 Å². The predicted octanol–water partition coefficient (Wildman–Crippen LogP) is 4.36. The zero-order chi connectivity index (χ0) is 21.4. The van der Waals surface area contributed by atoms with Crippen molar-refractivity contribution in [1.29, 1.82) is 0 Å². The zero-order valence-electron chi connectivity index (χ0n) is 16.3. The topological polar surface area (TPSA) is 54.6 Å². The Morgan fingerprint density at radius 3 is 2.42 bits per heavy atom. The molecular weight excluding hydrogens is 428 g/mol. The highest BCUT2D eigenvalue weighted by Crippen LogP contribution is 2.27. The van der Waals surface area contributed by atoms with E-state index in [2.05, 4.69) is 0 Å². The standard InChI is InChI=1S/C25H17ClN2O2S/c26-19-12-10-17(11-13-19)21-15-20(16-6-2-1-3-7-16)27-25-28(21)24(30)23(31-25)14-18-8-4-5-9-22(18)29/h1-15,21,29H. The minimum absolute atomic E-state index is 0.132. The fourth-order valence-electron chi connectivity index (χ4n) is 3.60. The number of nitrogens with zero attached hydrogens (tertiary/aromatic N) is 2. The summed E-state index contributed by atoms with van der Waals surface area (Å²) >= 11 is 7.40. The Kier molecular flexibility index (Phi) is 5.06. The van der Waals surface area contributed by atoms with E-state index in [0.29, 0.717) is 19.9 Å². The maximum atomic E-state index is 13.4. The molecule has 4 aromatic rings. The number of para-hydroxylation sites is 1. The molecule has 6 heteroatoms. The number of hydrogen-bond donors (Lipinski definition) is 1. The third kappa shape index (κ3) is 3.74. The lowest BCUT2D eigenvalue weighted by molar-refractivity contribution is 0.474. The molecular formula is C25H17ClN2O2S. The van der Waals surface area contributed by atoms with Crippen molar-refractivity contribution >= 4 is 34.7 Å². The van der Waals surface area contributed by atoms with Gasteiger partial charge in [0.05, 0.1) is 16.3 Å². The van der Waals surface area contributed by atoms with E-state index in [4.69, 9.17) is 16.6 Å². The van der Waals surface area contributed by atoms with E-state index in [0.717, 1.165) is 16.8 Å². The second-order valence-corrected chi connectivity index (χ2v) is 8.60. The van der Waals surface area contributed by atoms with Gasteiger partial charge in [-0.1, -0.05) is 83.6 Å². The van der Waals surface area contributed by atoms with Crippen LogP contribution in [0.2, 0.25) is 5.02 Å². The lowest BCUT2D eigenvalue weighted by Gasteiger charge is -2.19. The summed E-state index contributed by atoms with van der Waals surface area (Å²) in [5.74, 6) is 0.132. The van der Waals surface area contributed by atoms with Crippen molar-refractivity contribution in [2.45, 2.75) is 6.04 Å². The number of rotatable bonds is 3. The third-order valence-electron chi connectivity index (χ3n) is 5.15. The first-order valence-corrected chi connectivity index (χ1v) is 10.9. The molecule has 0 bridgehead atoms. The van der Waals surface area contributed by atoms with Gasteiger partial charge in [-0.3, -0.25) is 9.36 Å². The highest BCUT2D eigenvalue weighted by molar-refractivity contribution is 7.07. The first-order valence-electron chi connectivity index (χ1n) is 9.73. The Labute approximate surface area is 187 Å². The van der Waals surface area contributed by atoms with Crippen LogP contribution in [0.1, 0.15) is 22.7 Å². The van der Waals surface area contributed by atoms with Gasteiger partial charge in [-0.25, -0.2) is 4.99 Å². The largest absolute Gasteiger partial charge is 0.507 e. The summed E-state index contributed by atoms with van der Waals surface area (Å²) in [7, 11) is 0. The van der Waals surface area contributed by atoms with Gasteiger partial charge >= 0.3 is 0 Å². The first kappa shape index (κ1) is 19.5. The van der Waals surface area contributed by atoms with E-state index in [-0.39, 0.29) is 17.4 Å². The minimum atomic E-state index is -0.310. The monoisotopic (exact) mass is 444 g/mol. The van der Waals surface area contributed by atoms with Gasteiger partial charge in [-0.2, -0.15) is 0 Å². The van der Waals surface area contributed by atoms with Gasteiger partial charge in [0.15, 0.2) is 4.80 Å². The molecule has 31 heavy (non-hydrogen) atoms. The first-order chi connectivity index (χ1) is 15.1. The maximum Gasteiger partial charge on any atom is 0.271 e. The predicted molar refractivity (Wildman–Crippen MR) is 125 cm³/mol. The van der Waals surface area contributed by atoms with Crippen molar-refractivity contribution in [3.8, 4) is 5.75 Å². The van der Waals surface area contributed by atoms with Crippen LogP contribution < -0.4 is 14.9 Å². The van der Waals surface area contributed by atoms with E-state index >= 15 is 0 Å². The van der Waals surface area contributed by atoms with Crippen LogP contribution in [-0.4, -0.2) is 9.67 Å². The van der Waals surface area contributed by atoms with Crippen LogP contribution in [0.5, 0.6) is 5.75 Å². The Hall–Kier alpha value is -3.41. The Balaban J connectivity index is 1.75. The zero-order valence-corrected chi connectivity index (χ0v) is 17.8. The van der Waals surface area contributed by atoms with E-state index in [1.165, 1.54) is 11.3 Å². The Morgan fingerprint density at radius 2 is 1.68 bits per heavy atom. The van der Waals surface area contributed by atoms with Crippen LogP contribution in [0.25, 0.3) is 11.8 Å². The number of aromatic hydroxyl groups is 1. The molecule has 3 aromatic carbocycles. The highest BCUT2D eigenvalue weighted by atomic mass is 35.5. The molecule has 1 N–H and O–H groups in total. The van der Waals surface area contributed by atoms with Crippen molar-refractivity contribution in [1.82, 2.24) is 4.57 Å². The maximum absolute atomic E-state index is 13.4. The molecule has 0 saturated heterocycles. The van der Waals surface area contributed by atoms with E-state index in [1.807, 2.05) is 66.7 Å². The highest BCUT2D eigenvalue weighted by Gasteiger charge is 2.22. The van der Waals surface area contributed by atoms with Crippen LogP contribution in [0.3, 0.4) is 0 Å². The number of benzene rings is 3. The van der Waals surface area contributed by atoms with E-state index in [1.54, 1.807) is 28.8 Å². The molecule has 152 valence electrons. The summed E-state index contributed by atoms with van der Waals surface area (Å²) in [5.41, 5.74) is 3.20. The number of allylic oxidation sites excluding steroid dienone is 1. The quantitative estimate of drug-likeness (QED) is 0.510. The molecule has 0 fully saturated rings. The van der Waals surface area contributed by atoms with Crippen molar-refractivity contribution < 1.29 is 5.11 Å². The molecule has 0 radical (unpaired) electrons. The molecule has 0 amide bonds. The number of thiazole rings is 1. The van der Waals surface area contributed by atoms with Gasteiger partial charge in [-0.15, -0.1) is 0 Å². The summed E-state index contributed by atoms with van der Waals surface area (Å²) in [4.78, 5) is 18.8. The fraction of sp³-hybridized carbons (Fsp3) is 0.0400. The molecule has 0 spiro atoms. The summed E-state index contributed by atoms with van der Waals surface area (Å²) in [6.07, 6.45) is 3.72. The molecule has 2 heterocycles. The Bertz CT molecular complexity index is 1470. The Morgan fingerprint density at radius 1 is 0.968 bits per heavy atom. The van der Waals surface area contributed by atoms with Gasteiger partial charge < -0.3 is 5.11 Å². The van der Waals surface area contributed by atoms with E-state index in [9.17, 15) is 9.90 Å². The summed E-state index contributed by atoms with van der Waals surface area (Å²) in [5, 5.41) is 10.8. The number of phenolic OH excluding ortho intramolecular Hbond substituents is 1. The number of phenols is 1. The molecule has 1 aliphatic rings.